The highest BCUT2D eigenvalue weighted by molar-refractivity contribution is 7.90. The molecule has 0 aliphatic carbocycles. The van der Waals surface area contributed by atoms with Gasteiger partial charge in [0, 0.05) is 12.2 Å². The lowest BCUT2D eigenvalue weighted by atomic mass is 10.1. The second-order valence-corrected chi connectivity index (χ2v) is 10.8. The van der Waals surface area contributed by atoms with Gasteiger partial charge < -0.3 is 15.0 Å². The average molecular weight is 537 g/mol. The minimum atomic E-state index is -4.10. The van der Waals surface area contributed by atoms with Crippen LogP contribution in [0.5, 0.6) is 0 Å². The number of fused-ring (bicyclic) bond motifs is 2. The van der Waals surface area contributed by atoms with E-state index in [1.807, 2.05) is 6.92 Å². The molecule has 0 spiro atoms. The Morgan fingerprint density at radius 2 is 1.87 bits per heavy atom. The molecule has 0 unspecified atom stereocenters. The first kappa shape index (κ1) is 25.4. The Kier molecular flexibility index (Phi) is 6.39. The van der Waals surface area contributed by atoms with Gasteiger partial charge in [-0.1, -0.05) is 29.8 Å². The Bertz CT molecular complexity index is 1700. The number of halogens is 1. The molecule has 9 nitrogen and oxygen atoms in total. The number of aromatic nitrogens is 2. The molecule has 0 saturated carbocycles. The van der Waals surface area contributed by atoms with Crippen LogP contribution >= 0.6 is 0 Å². The highest BCUT2D eigenvalue weighted by Gasteiger charge is 2.32. The molecule has 5 rings (SSSR count). The summed E-state index contributed by atoms with van der Waals surface area (Å²) < 4.78 is 47.9. The van der Waals surface area contributed by atoms with Crippen LogP contribution in [0, 0.1) is 19.7 Å². The second-order valence-electron chi connectivity index (χ2n) is 9.03. The van der Waals surface area contributed by atoms with Crippen LogP contribution in [0.25, 0.3) is 10.9 Å². The molecule has 0 saturated heterocycles. The summed E-state index contributed by atoms with van der Waals surface area (Å²) in [4.78, 5) is 26.5. The highest BCUT2D eigenvalue weighted by Crippen LogP contribution is 2.34. The first-order chi connectivity index (χ1) is 18.1. The number of ether oxygens (including phenoxy) is 1. The van der Waals surface area contributed by atoms with Gasteiger partial charge in [-0.25, -0.2) is 4.39 Å². The van der Waals surface area contributed by atoms with Crippen LogP contribution in [0.4, 0.5) is 15.8 Å². The van der Waals surface area contributed by atoms with Crippen molar-refractivity contribution in [2.24, 2.45) is 0 Å². The number of anilines is 2. The quantitative estimate of drug-likeness (QED) is 0.351. The number of carbonyl (C=O) groups is 2. The molecule has 1 aliphatic heterocycles. The summed E-state index contributed by atoms with van der Waals surface area (Å²) in [7, 11) is -4.10. The van der Waals surface area contributed by atoms with E-state index in [0.29, 0.717) is 16.8 Å². The van der Waals surface area contributed by atoms with Crippen LogP contribution in [-0.4, -0.2) is 47.5 Å². The average Bonchev–Trinajstić information content (AvgIpc) is 3.37. The fourth-order valence-corrected chi connectivity index (χ4v) is 5.89. The molecule has 3 aromatic carbocycles. The maximum atomic E-state index is 15.3. The SMILES string of the molecule is CCOC(=O)CN1Cc2cccc(Nc3cc(F)c4c(C)nn(S(=O)(=O)c5ccc(C)cc5)c4c3)c2C1=O. The molecule has 196 valence electrons. The molecular weight excluding hydrogens is 511 g/mol. The predicted octanol–water partition coefficient (Wildman–Crippen LogP) is 4.29. The number of carbonyl (C=O) groups excluding carboxylic acids is 2. The van der Waals surface area contributed by atoms with E-state index >= 15 is 4.39 Å². The molecule has 0 bridgehead atoms. The van der Waals surface area contributed by atoms with Crippen molar-refractivity contribution in [1.82, 2.24) is 14.1 Å². The lowest BCUT2D eigenvalue weighted by molar-refractivity contribution is -0.143. The molecule has 1 aromatic heterocycles. The molecule has 0 atom stereocenters. The van der Waals surface area contributed by atoms with Crippen molar-refractivity contribution < 1.29 is 27.1 Å². The number of amides is 1. The molecule has 1 N–H and O–H groups in total. The Labute approximate surface area is 218 Å². The van der Waals surface area contributed by atoms with E-state index < -0.39 is 21.8 Å². The van der Waals surface area contributed by atoms with E-state index in [1.54, 1.807) is 44.2 Å². The van der Waals surface area contributed by atoms with Crippen LogP contribution < -0.4 is 5.32 Å². The Hall–Kier alpha value is -4.25. The normalized spacial score (nSPS) is 13.2. The second kappa shape index (κ2) is 9.56. The zero-order chi connectivity index (χ0) is 27.2. The van der Waals surface area contributed by atoms with Crippen molar-refractivity contribution >= 4 is 44.2 Å². The van der Waals surface area contributed by atoms with E-state index in [0.717, 1.165) is 9.65 Å². The summed E-state index contributed by atoms with van der Waals surface area (Å²) in [6.45, 7) is 5.34. The Balaban J connectivity index is 1.53. The Morgan fingerprint density at radius 1 is 1.13 bits per heavy atom. The van der Waals surface area contributed by atoms with E-state index in [2.05, 4.69) is 10.4 Å². The van der Waals surface area contributed by atoms with Crippen LogP contribution in [-0.2, 0) is 26.1 Å². The van der Waals surface area contributed by atoms with Gasteiger partial charge in [0.2, 0.25) is 0 Å². The monoisotopic (exact) mass is 536 g/mol. The largest absolute Gasteiger partial charge is 0.465 e. The maximum absolute atomic E-state index is 15.3. The lowest BCUT2D eigenvalue weighted by Crippen LogP contribution is -2.31. The van der Waals surface area contributed by atoms with Crippen molar-refractivity contribution in [3.8, 4) is 0 Å². The maximum Gasteiger partial charge on any atom is 0.325 e. The van der Waals surface area contributed by atoms with E-state index in [1.165, 1.54) is 29.2 Å². The third-order valence-electron chi connectivity index (χ3n) is 6.34. The van der Waals surface area contributed by atoms with E-state index in [-0.39, 0.29) is 52.8 Å². The van der Waals surface area contributed by atoms with E-state index in [9.17, 15) is 18.0 Å². The van der Waals surface area contributed by atoms with Gasteiger partial charge in [-0.05, 0) is 56.7 Å². The summed E-state index contributed by atoms with van der Waals surface area (Å²) in [6.07, 6.45) is 0. The van der Waals surface area contributed by atoms with Crippen molar-refractivity contribution in [3.05, 3.63) is 82.8 Å². The first-order valence-electron chi connectivity index (χ1n) is 11.9. The lowest BCUT2D eigenvalue weighted by Gasteiger charge is -2.15. The van der Waals surface area contributed by atoms with Gasteiger partial charge in [-0.15, -0.1) is 0 Å². The molecule has 2 heterocycles. The highest BCUT2D eigenvalue weighted by atomic mass is 32.2. The van der Waals surface area contributed by atoms with Crippen molar-refractivity contribution in [2.75, 3.05) is 18.5 Å². The zero-order valence-electron chi connectivity index (χ0n) is 21.0. The topological polar surface area (TPSA) is 111 Å². The van der Waals surface area contributed by atoms with Crippen LogP contribution in [0.1, 0.15) is 34.1 Å². The third-order valence-corrected chi connectivity index (χ3v) is 7.94. The van der Waals surface area contributed by atoms with Gasteiger partial charge in [0.1, 0.15) is 12.4 Å². The number of rotatable bonds is 7. The van der Waals surface area contributed by atoms with Gasteiger partial charge in [0.25, 0.3) is 15.9 Å². The zero-order valence-corrected chi connectivity index (χ0v) is 21.8. The third kappa shape index (κ3) is 4.38. The minimum Gasteiger partial charge on any atom is -0.465 e. The number of hydrogen-bond acceptors (Lipinski definition) is 7. The molecule has 4 aromatic rings. The molecule has 1 amide bonds. The number of nitrogens with one attached hydrogen (secondary N) is 1. The smallest absolute Gasteiger partial charge is 0.325 e. The molecular formula is C27H25FN4O5S. The number of nitrogens with zero attached hydrogens (tertiary/aromatic N) is 3. The summed E-state index contributed by atoms with van der Waals surface area (Å²) in [5, 5.41) is 7.29. The summed E-state index contributed by atoms with van der Waals surface area (Å²) in [5.41, 5.74) is 2.89. The van der Waals surface area contributed by atoms with Crippen molar-refractivity contribution in [3.63, 3.8) is 0 Å². The number of aryl methyl sites for hydroxylation is 2. The van der Waals surface area contributed by atoms with Crippen molar-refractivity contribution in [1.29, 1.82) is 0 Å². The van der Waals surface area contributed by atoms with Crippen LogP contribution in [0.2, 0.25) is 0 Å². The van der Waals surface area contributed by atoms with Crippen LogP contribution in [0.3, 0.4) is 0 Å². The predicted molar refractivity (Wildman–Crippen MR) is 139 cm³/mol. The number of esters is 1. The standard InChI is InChI=1S/C27H25FN4O5S/c1-4-37-24(33)15-31-14-18-6-5-7-22(26(18)27(31)34)29-19-12-21(28)25-17(3)30-32(23(25)13-19)38(35,36)20-10-8-16(2)9-11-20/h5-13,29H,4,14-15H2,1-3H3. The van der Waals surface area contributed by atoms with Gasteiger partial charge >= 0.3 is 5.97 Å². The van der Waals surface area contributed by atoms with Gasteiger partial charge in [-0.3, -0.25) is 9.59 Å². The molecule has 11 heteroatoms. The molecule has 1 aliphatic rings. The Morgan fingerprint density at radius 3 is 2.58 bits per heavy atom. The van der Waals surface area contributed by atoms with Crippen LogP contribution in [0.15, 0.2) is 59.5 Å². The summed E-state index contributed by atoms with van der Waals surface area (Å²) >= 11 is 0. The first-order valence-corrected chi connectivity index (χ1v) is 13.4. The molecule has 0 radical (unpaired) electrons. The fraction of sp³-hybridized carbons (Fsp3) is 0.222. The van der Waals surface area contributed by atoms with Gasteiger partial charge in [0.15, 0.2) is 0 Å². The number of hydrogen-bond donors (Lipinski definition) is 1. The minimum absolute atomic E-state index is 0.0273. The number of benzene rings is 3. The fourth-order valence-electron chi connectivity index (χ4n) is 4.58. The van der Waals surface area contributed by atoms with E-state index in [4.69, 9.17) is 4.74 Å². The molecule has 0 fully saturated rings. The van der Waals surface area contributed by atoms with Gasteiger partial charge in [0.05, 0.1) is 39.4 Å². The molecule has 38 heavy (non-hydrogen) atoms. The van der Waals surface area contributed by atoms with Crippen molar-refractivity contribution in [2.45, 2.75) is 32.2 Å². The summed E-state index contributed by atoms with van der Waals surface area (Å²) in [6, 6.07) is 14.2. The summed E-state index contributed by atoms with van der Waals surface area (Å²) in [5.74, 6) is -1.52. The van der Waals surface area contributed by atoms with Gasteiger partial charge in [-0.2, -0.15) is 17.6 Å².